The van der Waals surface area contributed by atoms with Gasteiger partial charge in [-0.2, -0.15) is 0 Å². The Kier molecular flexibility index (Phi) is 26.5. The summed E-state index contributed by atoms with van der Waals surface area (Å²) in [6.07, 6.45) is 10.8. The van der Waals surface area contributed by atoms with Crippen molar-refractivity contribution in [1.82, 2.24) is 10.6 Å². The highest BCUT2D eigenvalue weighted by Gasteiger charge is 2.42. The molecule has 2 rings (SSSR count). The van der Waals surface area contributed by atoms with E-state index in [9.17, 15) is 14.4 Å². The van der Waals surface area contributed by atoms with Crippen molar-refractivity contribution in [3.63, 3.8) is 0 Å². The van der Waals surface area contributed by atoms with Gasteiger partial charge in [-0.3, -0.25) is 0 Å². The summed E-state index contributed by atoms with van der Waals surface area (Å²) in [5.74, 6) is 0.697. The lowest BCUT2D eigenvalue weighted by atomic mass is 9.76. The number of amides is 2. The Bertz CT molecular complexity index is 1390. The summed E-state index contributed by atoms with van der Waals surface area (Å²) in [7, 11) is -10.5. The lowest BCUT2D eigenvalue weighted by Crippen LogP contribution is -2.52. The van der Waals surface area contributed by atoms with Crippen molar-refractivity contribution in [1.29, 1.82) is 0 Å². The molecule has 2 aliphatic carbocycles. The van der Waals surface area contributed by atoms with E-state index < -0.39 is 74.0 Å². The number of hydrogen-bond acceptors (Lipinski definition) is 13. The topological polar surface area (TPSA) is 168 Å². The Morgan fingerprint density at radius 3 is 1.25 bits per heavy atom. The number of alkyl carbamates (subject to hydrolysis) is 2. The lowest BCUT2D eigenvalue weighted by molar-refractivity contribution is -0.138. The highest BCUT2D eigenvalue weighted by atomic mass is 28.5. The van der Waals surface area contributed by atoms with E-state index in [0.29, 0.717) is 44.9 Å². The third-order valence-electron chi connectivity index (χ3n) is 11.4. The van der Waals surface area contributed by atoms with Gasteiger partial charge in [0.25, 0.3) is 0 Å². The first-order valence-corrected chi connectivity index (χ1v) is 43.7. The minimum Gasteiger partial charge on any atom is -0.459 e. The fourth-order valence-electron chi connectivity index (χ4n) is 9.49. The van der Waals surface area contributed by atoms with Gasteiger partial charge < -0.3 is 55.5 Å². The van der Waals surface area contributed by atoms with Crippen LogP contribution in [-0.2, 0) is 49.7 Å². The highest BCUT2D eigenvalue weighted by molar-refractivity contribution is 6.88. The van der Waals surface area contributed by atoms with Gasteiger partial charge >= 0.3 is 35.3 Å². The van der Waals surface area contributed by atoms with Crippen LogP contribution in [0.3, 0.4) is 0 Å². The van der Waals surface area contributed by atoms with Crippen molar-refractivity contribution >= 4 is 68.5 Å². The molecule has 0 unspecified atom stereocenters. The zero-order chi connectivity index (χ0) is 50.6. The normalized spacial score (nSPS) is 20.2. The molecule has 0 aromatic carbocycles. The molecule has 0 aromatic heterocycles. The molecule has 0 atom stereocenters. The van der Waals surface area contributed by atoms with Gasteiger partial charge in [-0.1, -0.05) is 6.58 Å². The van der Waals surface area contributed by atoms with E-state index in [2.05, 4.69) is 109 Å². The predicted molar refractivity (Wildman–Crippen MR) is 282 cm³/mol. The minimum absolute atomic E-state index is 0.00380. The number of rotatable bonds is 32. The molecule has 0 aromatic rings. The second kappa shape index (κ2) is 28.7. The monoisotopic (exact) mass is 1050 g/mol. The van der Waals surface area contributed by atoms with Crippen LogP contribution >= 0.6 is 0 Å². The number of hydrogen-bond donors (Lipinski definition) is 2. The van der Waals surface area contributed by atoms with Crippen LogP contribution in [-0.4, -0.2) is 141 Å². The second-order valence-corrected chi connectivity index (χ2v) is 49.1. The fraction of sp³-hybridized carbons (Fsp3) is 0.891. The highest BCUT2D eigenvalue weighted by Crippen LogP contribution is 2.36. The summed E-state index contributed by atoms with van der Waals surface area (Å²) in [6.45, 7) is 36.5. The third-order valence-corrected chi connectivity index (χ3v) is 30.7. The maximum atomic E-state index is 13.5. The molecule has 2 amide bonds. The van der Waals surface area contributed by atoms with Crippen LogP contribution in [0.2, 0.25) is 104 Å². The molecule has 2 aliphatic rings. The predicted octanol–water partition coefficient (Wildman–Crippen LogP) is 10.7. The second-order valence-electron chi connectivity index (χ2n) is 23.4. The SMILES string of the molecule is C=CC(=O)OCCOC(=O)NC1CCC(CC2CCC(NC(=O)OCC(COC)(COCCC[Si](C)(O[Si](C)(C)C)O[Si](C)(C)C)COCCC[Si](C)(O[Si](C)(C)C)O[Si](C)(C)C)CC2)CC1. The largest absolute Gasteiger partial charge is 0.459 e. The van der Waals surface area contributed by atoms with Gasteiger partial charge in [-0.25, -0.2) is 14.4 Å². The number of ether oxygens (including phenoxy) is 6. The molecule has 2 fully saturated rings. The van der Waals surface area contributed by atoms with Crippen LogP contribution in [0.15, 0.2) is 12.7 Å². The molecule has 0 radical (unpaired) electrons. The van der Waals surface area contributed by atoms with Gasteiger partial charge in [0.15, 0.2) is 33.3 Å². The first-order valence-electron chi connectivity index (χ1n) is 25.1. The molecule has 392 valence electrons. The number of carbonyl (C=O) groups is 3. The number of nitrogens with one attached hydrogen (secondary N) is 2. The quantitative estimate of drug-likeness (QED) is 0.0215. The first kappa shape index (κ1) is 61.9. The van der Waals surface area contributed by atoms with Crippen molar-refractivity contribution in [2.45, 2.75) is 186 Å². The molecule has 21 heteroatoms. The molecule has 2 N–H and O–H groups in total. The first-order chi connectivity index (χ1) is 30.9. The maximum absolute atomic E-state index is 13.5. The van der Waals surface area contributed by atoms with Crippen LogP contribution in [0.4, 0.5) is 9.59 Å². The van der Waals surface area contributed by atoms with Crippen LogP contribution in [0.25, 0.3) is 0 Å². The summed E-state index contributed by atoms with van der Waals surface area (Å²) < 4.78 is 61.6. The van der Waals surface area contributed by atoms with Crippen LogP contribution in [0.5, 0.6) is 0 Å². The average Bonchev–Trinajstić information content (AvgIpc) is 3.17. The molecule has 15 nitrogen and oxygen atoms in total. The van der Waals surface area contributed by atoms with E-state index in [1.54, 1.807) is 7.11 Å². The van der Waals surface area contributed by atoms with E-state index in [0.717, 1.165) is 82.4 Å². The van der Waals surface area contributed by atoms with Crippen molar-refractivity contribution in [3.8, 4) is 0 Å². The molecular weight excluding hydrogens is 957 g/mol. The van der Waals surface area contributed by atoms with Gasteiger partial charge in [0.05, 0.1) is 25.2 Å². The summed E-state index contributed by atoms with van der Waals surface area (Å²) in [5, 5.41) is 6.13. The van der Waals surface area contributed by atoms with Gasteiger partial charge in [0, 0.05) is 38.5 Å². The standard InChI is InChI=1S/C46H96N2O13Si6/c1-17-43(49)55-30-31-56-44(50)47-41-24-20-39(21-25-41)34-40-22-26-42(27-23-40)48-45(51)57-38-46(35-52-2,36-53-28-18-32-66(15,58-62(3,4)5)59-63(6,7)8)37-54-29-19-33-67(16,60-64(9,10)11)61-65(12,13)14/h17,39-42H,1,18-38H2,2-16H3,(H,47,50)(H,48,51). The Labute approximate surface area is 412 Å². The molecule has 0 spiro atoms. The summed E-state index contributed by atoms with van der Waals surface area (Å²) in [5.41, 5.74) is -0.713. The van der Waals surface area contributed by atoms with Crippen molar-refractivity contribution in [3.05, 3.63) is 12.7 Å². The lowest BCUT2D eigenvalue weighted by Gasteiger charge is -2.38. The van der Waals surface area contributed by atoms with E-state index in [-0.39, 0.29) is 31.9 Å². The molecule has 0 bridgehead atoms. The maximum Gasteiger partial charge on any atom is 0.407 e. The summed E-state index contributed by atoms with van der Waals surface area (Å²) in [4.78, 5) is 36.8. The zero-order valence-electron chi connectivity index (χ0n) is 44.8. The Morgan fingerprint density at radius 1 is 0.522 bits per heavy atom. The van der Waals surface area contributed by atoms with Crippen LogP contribution < -0.4 is 10.6 Å². The number of esters is 1. The molecule has 0 aliphatic heterocycles. The molecule has 67 heavy (non-hydrogen) atoms. The molecular formula is C46H96N2O13Si6. The minimum atomic E-state index is -2.41. The summed E-state index contributed by atoms with van der Waals surface area (Å²) >= 11 is 0. The van der Waals surface area contributed by atoms with Gasteiger partial charge in [0.1, 0.15) is 19.8 Å². The number of carbonyl (C=O) groups excluding carboxylic acids is 3. The van der Waals surface area contributed by atoms with E-state index >= 15 is 0 Å². The van der Waals surface area contributed by atoms with Gasteiger partial charge in [0.2, 0.25) is 0 Å². The van der Waals surface area contributed by atoms with E-state index in [4.69, 9.17) is 44.9 Å². The average molecular weight is 1050 g/mol. The van der Waals surface area contributed by atoms with Crippen LogP contribution in [0, 0.1) is 17.3 Å². The summed E-state index contributed by atoms with van der Waals surface area (Å²) in [6, 6.07) is 1.83. The van der Waals surface area contributed by atoms with Gasteiger partial charge in [-0.15, -0.1) is 0 Å². The third kappa shape index (κ3) is 29.0. The van der Waals surface area contributed by atoms with Crippen molar-refractivity contribution < 1.29 is 59.3 Å². The van der Waals surface area contributed by atoms with Crippen molar-refractivity contribution in [2.75, 3.05) is 60.0 Å². The van der Waals surface area contributed by atoms with Crippen molar-refractivity contribution in [2.24, 2.45) is 17.3 Å². The van der Waals surface area contributed by atoms with Crippen LogP contribution in [0.1, 0.15) is 70.6 Å². The molecule has 0 heterocycles. The van der Waals surface area contributed by atoms with Gasteiger partial charge in [-0.05, 0) is 186 Å². The Balaban J connectivity index is 1.97. The van der Waals surface area contributed by atoms with E-state index in [1.807, 2.05) is 0 Å². The fourth-order valence-corrected chi connectivity index (χ4v) is 34.5. The Morgan fingerprint density at radius 2 is 0.896 bits per heavy atom. The zero-order valence-corrected chi connectivity index (χ0v) is 50.8. The van der Waals surface area contributed by atoms with E-state index in [1.165, 1.54) is 6.42 Å². The molecule has 0 saturated heterocycles. The Hall–Kier alpha value is -1.23. The number of methoxy groups -OCH3 is 1. The molecule has 2 saturated carbocycles. The smallest absolute Gasteiger partial charge is 0.407 e.